The number of benzene rings is 1. The Hall–Kier alpha value is -1.22. The molecule has 0 N–H and O–H groups in total. The van der Waals surface area contributed by atoms with Crippen LogP contribution >= 0.6 is 0 Å². The Kier molecular flexibility index (Phi) is 4.28. The molecule has 0 heterocycles. The van der Waals surface area contributed by atoms with Gasteiger partial charge in [0.15, 0.2) is 5.78 Å². The molecular formula is C17H23FO2. The molecule has 0 radical (unpaired) electrons. The standard InChI is InChI=1S/C17H23FO2/c1-4-20-17(11-9-16(2,3)10-12-17)15(19)13-7-5-6-8-14(13)18/h5-8H,4,9-12H2,1-3H3. The lowest BCUT2D eigenvalue weighted by Crippen LogP contribution is -2.46. The Labute approximate surface area is 120 Å². The summed E-state index contributed by atoms with van der Waals surface area (Å²) in [4.78, 5) is 12.8. The van der Waals surface area contributed by atoms with Crippen molar-refractivity contribution in [2.75, 3.05) is 6.61 Å². The largest absolute Gasteiger partial charge is 0.367 e. The summed E-state index contributed by atoms with van der Waals surface area (Å²) in [5.74, 6) is -0.658. The zero-order valence-electron chi connectivity index (χ0n) is 12.5. The maximum absolute atomic E-state index is 13.9. The second-order valence-electron chi connectivity index (χ2n) is 6.40. The number of halogens is 1. The van der Waals surface area contributed by atoms with E-state index in [0.29, 0.717) is 19.4 Å². The molecule has 1 fully saturated rings. The van der Waals surface area contributed by atoms with E-state index < -0.39 is 11.4 Å². The van der Waals surface area contributed by atoms with Crippen molar-refractivity contribution < 1.29 is 13.9 Å². The van der Waals surface area contributed by atoms with E-state index in [9.17, 15) is 9.18 Å². The molecule has 1 aromatic rings. The van der Waals surface area contributed by atoms with Crippen LogP contribution in [-0.2, 0) is 4.74 Å². The first-order valence-electron chi connectivity index (χ1n) is 7.33. The number of hydrogen-bond donors (Lipinski definition) is 0. The van der Waals surface area contributed by atoms with Gasteiger partial charge in [0.25, 0.3) is 0 Å². The summed E-state index contributed by atoms with van der Waals surface area (Å²) >= 11 is 0. The summed E-state index contributed by atoms with van der Waals surface area (Å²) in [5, 5.41) is 0. The van der Waals surface area contributed by atoms with E-state index in [-0.39, 0.29) is 16.8 Å². The van der Waals surface area contributed by atoms with Gasteiger partial charge >= 0.3 is 0 Å². The van der Waals surface area contributed by atoms with Crippen molar-refractivity contribution in [3.63, 3.8) is 0 Å². The quantitative estimate of drug-likeness (QED) is 0.764. The van der Waals surface area contributed by atoms with Gasteiger partial charge in [-0.15, -0.1) is 0 Å². The minimum absolute atomic E-state index is 0.153. The van der Waals surface area contributed by atoms with Crippen molar-refractivity contribution in [3.05, 3.63) is 35.6 Å². The molecule has 0 saturated heterocycles. The first-order chi connectivity index (χ1) is 9.40. The predicted molar refractivity (Wildman–Crippen MR) is 77.3 cm³/mol. The molecule has 2 nitrogen and oxygen atoms in total. The van der Waals surface area contributed by atoms with Crippen LogP contribution < -0.4 is 0 Å². The van der Waals surface area contributed by atoms with Crippen molar-refractivity contribution >= 4 is 5.78 Å². The van der Waals surface area contributed by atoms with Gasteiger partial charge in [-0.3, -0.25) is 4.79 Å². The van der Waals surface area contributed by atoms with Gasteiger partial charge in [0.05, 0.1) is 5.56 Å². The van der Waals surface area contributed by atoms with Gasteiger partial charge in [-0.1, -0.05) is 26.0 Å². The van der Waals surface area contributed by atoms with E-state index in [0.717, 1.165) is 12.8 Å². The number of hydrogen-bond acceptors (Lipinski definition) is 2. The molecule has 20 heavy (non-hydrogen) atoms. The van der Waals surface area contributed by atoms with E-state index in [1.807, 2.05) is 6.92 Å². The van der Waals surface area contributed by atoms with Crippen LogP contribution in [0.15, 0.2) is 24.3 Å². The summed E-state index contributed by atoms with van der Waals surface area (Å²) < 4.78 is 19.7. The van der Waals surface area contributed by atoms with E-state index in [1.54, 1.807) is 18.2 Å². The number of Topliss-reactive ketones (excluding diaryl/α,β-unsaturated/α-hetero) is 1. The predicted octanol–water partition coefficient (Wildman–Crippen LogP) is 4.38. The summed E-state index contributed by atoms with van der Waals surface area (Å²) in [6.07, 6.45) is 3.18. The first kappa shape index (κ1) is 15.2. The van der Waals surface area contributed by atoms with E-state index in [2.05, 4.69) is 13.8 Å². The molecule has 0 amide bonds. The number of rotatable bonds is 4. The molecule has 1 aliphatic rings. The average molecular weight is 278 g/mol. The Morgan fingerprint density at radius 1 is 1.20 bits per heavy atom. The third kappa shape index (κ3) is 2.93. The summed E-state index contributed by atoms with van der Waals surface area (Å²) in [6.45, 7) is 6.77. The molecule has 2 rings (SSSR count). The van der Waals surface area contributed by atoms with Crippen LogP contribution in [0.4, 0.5) is 4.39 Å². The summed E-state index contributed by atoms with van der Waals surface area (Å²) in [6, 6.07) is 6.18. The zero-order chi connectivity index (χ0) is 14.8. The third-order valence-electron chi connectivity index (χ3n) is 4.36. The van der Waals surface area contributed by atoms with Crippen LogP contribution in [-0.4, -0.2) is 18.0 Å². The topological polar surface area (TPSA) is 26.3 Å². The molecule has 0 aliphatic heterocycles. The Morgan fingerprint density at radius 3 is 2.35 bits per heavy atom. The highest BCUT2D eigenvalue weighted by Gasteiger charge is 2.45. The lowest BCUT2D eigenvalue weighted by molar-refractivity contribution is -0.0582. The van der Waals surface area contributed by atoms with Gasteiger partial charge in [-0.25, -0.2) is 4.39 Å². The molecule has 0 unspecified atom stereocenters. The van der Waals surface area contributed by atoms with Crippen molar-refractivity contribution in [1.29, 1.82) is 0 Å². The van der Waals surface area contributed by atoms with E-state index >= 15 is 0 Å². The van der Waals surface area contributed by atoms with Crippen LogP contribution in [0.2, 0.25) is 0 Å². The highest BCUT2D eigenvalue weighted by molar-refractivity contribution is 6.02. The Balaban J connectivity index is 2.30. The fraction of sp³-hybridized carbons (Fsp3) is 0.588. The number of ketones is 1. The smallest absolute Gasteiger partial charge is 0.197 e. The SMILES string of the molecule is CCOC1(C(=O)c2ccccc2F)CCC(C)(C)CC1. The van der Waals surface area contributed by atoms with Gasteiger partial charge < -0.3 is 4.74 Å². The summed E-state index contributed by atoms with van der Waals surface area (Å²) in [5.41, 5.74) is -0.455. The molecule has 0 atom stereocenters. The molecule has 1 saturated carbocycles. The fourth-order valence-electron chi connectivity index (χ4n) is 2.93. The second-order valence-corrected chi connectivity index (χ2v) is 6.40. The van der Waals surface area contributed by atoms with Crippen molar-refractivity contribution in [1.82, 2.24) is 0 Å². The van der Waals surface area contributed by atoms with Crippen molar-refractivity contribution in [2.45, 2.75) is 52.1 Å². The average Bonchev–Trinajstić information content (AvgIpc) is 2.42. The second kappa shape index (κ2) is 5.65. The molecule has 3 heteroatoms. The van der Waals surface area contributed by atoms with E-state index in [4.69, 9.17) is 4.74 Å². The number of carbonyl (C=O) groups excluding carboxylic acids is 1. The highest BCUT2D eigenvalue weighted by Crippen LogP contribution is 2.43. The first-order valence-corrected chi connectivity index (χ1v) is 7.33. The Bertz CT molecular complexity index is 484. The van der Waals surface area contributed by atoms with Crippen LogP contribution in [0.25, 0.3) is 0 Å². The van der Waals surface area contributed by atoms with Crippen molar-refractivity contribution in [2.24, 2.45) is 5.41 Å². The van der Waals surface area contributed by atoms with E-state index in [1.165, 1.54) is 6.07 Å². The fourth-order valence-corrected chi connectivity index (χ4v) is 2.93. The lowest BCUT2D eigenvalue weighted by atomic mass is 9.68. The van der Waals surface area contributed by atoms with Gasteiger partial charge in [-0.05, 0) is 50.2 Å². The van der Waals surface area contributed by atoms with Crippen LogP contribution in [0.3, 0.4) is 0 Å². The molecule has 110 valence electrons. The molecule has 1 aliphatic carbocycles. The normalized spacial score (nSPS) is 20.6. The van der Waals surface area contributed by atoms with Gasteiger partial charge in [0.2, 0.25) is 0 Å². The molecule has 0 bridgehead atoms. The van der Waals surface area contributed by atoms with Crippen LogP contribution in [0, 0.1) is 11.2 Å². The highest BCUT2D eigenvalue weighted by atomic mass is 19.1. The van der Waals surface area contributed by atoms with Crippen molar-refractivity contribution in [3.8, 4) is 0 Å². The minimum Gasteiger partial charge on any atom is -0.367 e. The summed E-state index contributed by atoms with van der Waals surface area (Å²) in [7, 11) is 0. The maximum Gasteiger partial charge on any atom is 0.197 e. The number of carbonyl (C=O) groups is 1. The number of ether oxygens (including phenoxy) is 1. The van der Waals surface area contributed by atoms with Gasteiger partial charge in [0, 0.05) is 6.61 Å². The van der Waals surface area contributed by atoms with Crippen LogP contribution in [0.5, 0.6) is 0 Å². The molecule has 1 aromatic carbocycles. The molecule has 0 spiro atoms. The molecule has 0 aromatic heterocycles. The van der Waals surface area contributed by atoms with Gasteiger partial charge in [-0.2, -0.15) is 0 Å². The monoisotopic (exact) mass is 278 g/mol. The Morgan fingerprint density at radius 2 is 1.80 bits per heavy atom. The van der Waals surface area contributed by atoms with Crippen LogP contribution in [0.1, 0.15) is 56.8 Å². The zero-order valence-corrected chi connectivity index (χ0v) is 12.5. The minimum atomic E-state index is -0.841. The molecular weight excluding hydrogens is 255 g/mol. The lowest BCUT2D eigenvalue weighted by Gasteiger charge is -2.42. The maximum atomic E-state index is 13.9. The third-order valence-corrected chi connectivity index (χ3v) is 4.36. The van der Waals surface area contributed by atoms with Gasteiger partial charge in [0.1, 0.15) is 11.4 Å².